The fourth-order valence-corrected chi connectivity index (χ4v) is 5.44. The molecule has 0 saturated carbocycles. The summed E-state index contributed by atoms with van der Waals surface area (Å²) >= 11 is 11.9. The lowest BCUT2D eigenvalue weighted by atomic mass is 9.80. The molecule has 0 radical (unpaired) electrons. The second-order valence-electron chi connectivity index (χ2n) is 9.32. The van der Waals surface area contributed by atoms with E-state index in [-0.39, 0.29) is 5.56 Å². The molecule has 2 aromatic heterocycles. The molecule has 1 unspecified atom stereocenters. The lowest BCUT2D eigenvalue weighted by Gasteiger charge is -2.29. The molecule has 0 spiro atoms. The zero-order valence-corrected chi connectivity index (χ0v) is 22.1. The number of hydrogen-bond acceptors (Lipinski definition) is 5. The van der Waals surface area contributed by atoms with Gasteiger partial charge in [0.2, 0.25) is 0 Å². The third kappa shape index (κ3) is 6.29. The third-order valence-corrected chi connectivity index (χ3v) is 7.24. The van der Waals surface area contributed by atoms with Gasteiger partial charge in [0, 0.05) is 26.7 Å². The summed E-state index contributed by atoms with van der Waals surface area (Å²) in [5.41, 5.74) is 6.87. The van der Waals surface area contributed by atoms with Crippen molar-refractivity contribution < 1.29 is 23.5 Å². The van der Waals surface area contributed by atoms with Gasteiger partial charge < -0.3 is 25.0 Å². The standard InChI is InChI=1S/C19H25ClN2O2.C9H5ClO3/c1-2-3-4-15(12-5-7-22-8-6-12)17-10-13-9-14(20)11-16(19(21)23)18(13)24-17;10-6-3-5-1-2-13-8(5)7(4-6)9(11)12/h9-12,15,22H,2-8H2,1H3,(H2,21,23);1-4H,(H,11,12). The molecule has 4 aromatic rings. The van der Waals surface area contributed by atoms with Gasteiger partial charge >= 0.3 is 5.97 Å². The fraction of sp³-hybridized carbons (Fsp3) is 0.357. The van der Waals surface area contributed by atoms with Gasteiger partial charge in [-0.2, -0.15) is 0 Å². The maximum atomic E-state index is 11.7. The van der Waals surface area contributed by atoms with E-state index < -0.39 is 11.9 Å². The number of nitrogens with two attached hydrogens (primary N) is 1. The van der Waals surface area contributed by atoms with E-state index in [0.29, 0.717) is 44.0 Å². The molecule has 9 heteroatoms. The van der Waals surface area contributed by atoms with Crippen LogP contribution in [0.25, 0.3) is 21.9 Å². The number of rotatable bonds is 7. The van der Waals surface area contributed by atoms with Gasteiger partial charge in [-0.15, -0.1) is 0 Å². The predicted octanol–water partition coefficient (Wildman–Crippen LogP) is 7.24. The van der Waals surface area contributed by atoms with Crippen molar-refractivity contribution in [2.45, 2.75) is 44.9 Å². The second kappa shape index (κ2) is 12.0. The molecule has 1 saturated heterocycles. The third-order valence-electron chi connectivity index (χ3n) is 6.80. The van der Waals surface area contributed by atoms with Crippen LogP contribution in [0.15, 0.2) is 51.5 Å². The van der Waals surface area contributed by atoms with Gasteiger partial charge in [-0.3, -0.25) is 4.79 Å². The number of furan rings is 2. The Morgan fingerprint density at radius 3 is 2.38 bits per heavy atom. The number of piperidine rings is 1. The highest BCUT2D eigenvalue weighted by Crippen LogP contribution is 2.39. The first-order chi connectivity index (χ1) is 17.8. The monoisotopic (exact) mass is 544 g/mol. The van der Waals surface area contributed by atoms with E-state index in [1.165, 1.54) is 25.2 Å². The molecule has 3 heterocycles. The molecule has 2 aromatic carbocycles. The number of benzene rings is 2. The van der Waals surface area contributed by atoms with Gasteiger partial charge in [-0.05, 0) is 74.7 Å². The number of carbonyl (C=O) groups excluding carboxylic acids is 1. The van der Waals surface area contributed by atoms with Crippen molar-refractivity contribution >= 4 is 57.0 Å². The molecule has 4 N–H and O–H groups in total. The quantitative estimate of drug-likeness (QED) is 0.225. The summed E-state index contributed by atoms with van der Waals surface area (Å²) in [6, 6.07) is 10.2. The number of aromatic carboxylic acids is 1. The molecule has 1 aliphatic rings. The van der Waals surface area contributed by atoms with Crippen molar-refractivity contribution in [2.75, 3.05) is 13.1 Å². The van der Waals surface area contributed by atoms with Crippen molar-refractivity contribution in [3.05, 3.63) is 69.6 Å². The average Bonchev–Trinajstić information content (AvgIpc) is 3.51. The normalized spacial score (nSPS) is 14.9. The van der Waals surface area contributed by atoms with Crippen molar-refractivity contribution in [2.24, 2.45) is 11.7 Å². The summed E-state index contributed by atoms with van der Waals surface area (Å²) in [4.78, 5) is 22.5. The molecule has 1 aliphatic heterocycles. The van der Waals surface area contributed by atoms with E-state index in [9.17, 15) is 9.59 Å². The first kappa shape index (κ1) is 27.0. The van der Waals surface area contributed by atoms with Crippen molar-refractivity contribution in [1.82, 2.24) is 5.32 Å². The molecule has 0 aliphatic carbocycles. The highest BCUT2D eigenvalue weighted by atomic mass is 35.5. The number of hydrogen-bond donors (Lipinski definition) is 3. The number of halogens is 2. The average molecular weight is 545 g/mol. The minimum absolute atomic E-state index is 0.0903. The summed E-state index contributed by atoms with van der Waals surface area (Å²) in [5, 5.41) is 14.7. The maximum Gasteiger partial charge on any atom is 0.339 e. The summed E-state index contributed by atoms with van der Waals surface area (Å²) in [5.74, 6) is 0.428. The first-order valence-corrected chi connectivity index (χ1v) is 13.2. The zero-order chi connectivity index (χ0) is 26.5. The Morgan fingerprint density at radius 2 is 1.73 bits per heavy atom. The number of carbonyl (C=O) groups is 2. The summed E-state index contributed by atoms with van der Waals surface area (Å²) in [7, 11) is 0. The highest BCUT2D eigenvalue weighted by molar-refractivity contribution is 6.32. The highest BCUT2D eigenvalue weighted by Gasteiger charge is 2.28. The van der Waals surface area contributed by atoms with Crippen molar-refractivity contribution in [3.8, 4) is 0 Å². The van der Waals surface area contributed by atoms with Crippen LogP contribution in [0.4, 0.5) is 0 Å². The number of carboxylic acid groups (broad SMARTS) is 1. The largest absolute Gasteiger partial charge is 0.478 e. The molecule has 0 bridgehead atoms. The molecule has 1 fully saturated rings. The Hall–Kier alpha value is -3.00. The second-order valence-corrected chi connectivity index (χ2v) is 10.2. The van der Waals surface area contributed by atoms with E-state index in [1.54, 1.807) is 18.2 Å². The number of unbranched alkanes of at least 4 members (excludes halogenated alkanes) is 1. The first-order valence-electron chi connectivity index (χ1n) is 12.4. The van der Waals surface area contributed by atoms with Crippen molar-refractivity contribution in [1.29, 1.82) is 0 Å². The zero-order valence-electron chi connectivity index (χ0n) is 20.6. The van der Waals surface area contributed by atoms with Gasteiger partial charge in [-0.25, -0.2) is 4.79 Å². The van der Waals surface area contributed by atoms with Gasteiger partial charge in [0.25, 0.3) is 5.91 Å². The Morgan fingerprint density at radius 1 is 1.05 bits per heavy atom. The van der Waals surface area contributed by atoms with Gasteiger partial charge in [0.15, 0.2) is 0 Å². The number of nitrogens with one attached hydrogen (secondary N) is 1. The fourth-order valence-electron chi connectivity index (χ4n) is 4.99. The van der Waals surface area contributed by atoms with Crippen LogP contribution in [0.3, 0.4) is 0 Å². The van der Waals surface area contributed by atoms with Gasteiger partial charge in [0.05, 0.1) is 11.8 Å². The molecule has 1 atom stereocenters. The Labute approximate surface area is 224 Å². The van der Waals surface area contributed by atoms with Crippen LogP contribution in [0.2, 0.25) is 10.0 Å². The molecular formula is C28H30Cl2N2O5. The van der Waals surface area contributed by atoms with E-state index in [1.807, 2.05) is 6.07 Å². The number of carboxylic acids is 1. The van der Waals surface area contributed by atoms with Crippen LogP contribution in [-0.4, -0.2) is 30.1 Å². The van der Waals surface area contributed by atoms with Crippen LogP contribution in [0, 0.1) is 5.92 Å². The Kier molecular flexibility index (Phi) is 8.79. The molecule has 196 valence electrons. The molecule has 1 amide bonds. The molecule has 7 nitrogen and oxygen atoms in total. The molecule has 37 heavy (non-hydrogen) atoms. The van der Waals surface area contributed by atoms with Crippen molar-refractivity contribution in [3.63, 3.8) is 0 Å². The summed E-state index contributed by atoms with van der Waals surface area (Å²) in [6.45, 7) is 4.33. The van der Waals surface area contributed by atoms with Crippen LogP contribution >= 0.6 is 23.2 Å². The van der Waals surface area contributed by atoms with E-state index in [4.69, 9.17) is 42.9 Å². The smallest absolute Gasteiger partial charge is 0.339 e. The predicted molar refractivity (Wildman–Crippen MR) is 146 cm³/mol. The van der Waals surface area contributed by atoms with Gasteiger partial charge in [-0.1, -0.05) is 43.0 Å². The van der Waals surface area contributed by atoms with E-state index in [2.05, 4.69) is 18.3 Å². The number of amides is 1. The summed E-state index contributed by atoms with van der Waals surface area (Å²) < 4.78 is 11.2. The minimum atomic E-state index is -1.04. The summed E-state index contributed by atoms with van der Waals surface area (Å²) in [6.07, 6.45) is 7.22. The van der Waals surface area contributed by atoms with Crippen LogP contribution in [0.5, 0.6) is 0 Å². The Balaban J connectivity index is 0.000000207. The van der Waals surface area contributed by atoms with Crippen LogP contribution < -0.4 is 11.1 Å². The minimum Gasteiger partial charge on any atom is -0.478 e. The topological polar surface area (TPSA) is 119 Å². The van der Waals surface area contributed by atoms with E-state index >= 15 is 0 Å². The molecule has 5 rings (SSSR count). The van der Waals surface area contributed by atoms with Crippen LogP contribution in [-0.2, 0) is 0 Å². The number of primary amides is 1. The molecular weight excluding hydrogens is 515 g/mol. The Bertz CT molecular complexity index is 1400. The SMILES string of the molecule is CCCCC(c1cc2cc(Cl)cc(C(N)=O)c2o1)C1CCNCC1.O=C(O)c1cc(Cl)cc2ccoc12. The maximum absolute atomic E-state index is 11.7. The van der Waals surface area contributed by atoms with Gasteiger partial charge in [0.1, 0.15) is 22.5 Å². The lowest BCUT2D eigenvalue weighted by Crippen LogP contribution is -2.30. The lowest BCUT2D eigenvalue weighted by molar-refractivity contribution is 0.0697. The number of fused-ring (bicyclic) bond motifs is 2. The van der Waals surface area contributed by atoms with Crippen LogP contribution in [0.1, 0.15) is 71.4 Å². The van der Waals surface area contributed by atoms with E-state index in [0.717, 1.165) is 43.5 Å².